The van der Waals surface area contributed by atoms with Gasteiger partial charge in [0.2, 0.25) is 0 Å². The van der Waals surface area contributed by atoms with Crippen LogP contribution in [0.3, 0.4) is 0 Å². The van der Waals surface area contributed by atoms with Crippen molar-refractivity contribution in [3.8, 4) is 0 Å². The van der Waals surface area contributed by atoms with E-state index in [0.29, 0.717) is 0 Å². The molecule has 0 fully saturated rings. The number of hydrogen-bond acceptors (Lipinski definition) is 2. The maximum absolute atomic E-state index is 12.2. The molecule has 0 saturated heterocycles. The summed E-state index contributed by atoms with van der Waals surface area (Å²) in [6.07, 6.45) is 0. The van der Waals surface area contributed by atoms with Gasteiger partial charge in [-0.2, -0.15) is 0 Å². The van der Waals surface area contributed by atoms with Crippen LogP contribution >= 0.6 is 11.3 Å². The van der Waals surface area contributed by atoms with Crippen molar-refractivity contribution in [2.24, 2.45) is 7.05 Å². The minimum atomic E-state index is -0.222. The average Bonchev–Trinajstić information content (AvgIpc) is 2.99. The maximum atomic E-state index is 12.2. The first-order chi connectivity index (χ1) is 10.1. The number of nitrogens with zero attached hydrogens (tertiary/aromatic N) is 1. The van der Waals surface area contributed by atoms with Crippen molar-refractivity contribution in [3.05, 3.63) is 46.8 Å². The van der Waals surface area contributed by atoms with E-state index < -0.39 is 0 Å². The topological polar surface area (TPSA) is 46.1 Å². The van der Waals surface area contributed by atoms with Gasteiger partial charge in [-0.25, -0.2) is 4.79 Å². The van der Waals surface area contributed by atoms with Crippen molar-refractivity contribution in [2.45, 2.75) is 13.8 Å². The third kappa shape index (κ3) is 2.52. The third-order valence-corrected chi connectivity index (χ3v) is 4.48. The summed E-state index contributed by atoms with van der Waals surface area (Å²) in [4.78, 5) is 12.2. The smallest absolute Gasteiger partial charge is 0.324 e. The highest BCUT2D eigenvalue weighted by Crippen LogP contribution is 2.27. The van der Waals surface area contributed by atoms with E-state index in [0.717, 1.165) is 28.1 Å². The van der Waals surface area contributed by atoms with Gasteiger partial charge in [0.25, 0.3) is 0 Å². The fourth-order valence-electron chi connectivity index (χ4n) is 2.44. The monoisotopic (exact) mass is 299 g/mol. The number of aromatic nitrogens is 1. The van der Waals surface area contributed by atoms with E-state index in [1.54, 1.807) is 11.3 Å². The van der Waals surface area contributed by atoms with Crippen molar-refractivity contribution in [1.29, 1.82) is 0 Å². The molecule has 0 radical (unpaired) electrons. The summed E-state index contributed by atoms with van der Waals surface area (Å²) in [5.41, 5.74) is 4.10. The lowest BCUT2D eigenvalue weighted by Gasteiger charge is -2.12. The van der Waals surface area contributed by atoms with Gasteiger partial charge in [0, 0.05) is 12.7 Å². The largest absolute Gasteiger partial charge is 0.330 e. The number of carbonyl (C=O) groups excluding carboxylic acids is 1. The summed E-state index contributed by atoms with van der Waals surface area (Å²) in [6.45, 7) is 3.97. The number of thiophene rings is 1. The van der Waals surface area contributed by atoms with Gasteiger partial charge >= 0.3 is 6.03 Å². The predicted octanol–water partition coefficient (Wildman–Crippen LogP) is 4.50. The second-order valence-corrected chi connectivity index (χ2v) is 6.05. The summed E-state index contributed by atoms with van der Waals surface area (Å²) in [5.74, 6) is 0.792. The van der Waals surface area contributed by atoms with E-state index in [9.17, 15) is 4.79 Å². The predicted molar refractivity (Wildman–Crippen MR) is 89.4 cm³/mol. The summed E-state index contributed by atoms with van der Waals surface area (Å²) >= 11 is 1.67. The molecule has 0 unspecified atom stereocenters. The standard InChI is InChI=1S/C16H17N3OS/c1-10-5-4-6-11(2)15(10)18-16(20)17-14-9-13-12(19(14)3)7-8-21-13/h4-9H,1-3H3,(H2,17,18,20). The van der Waals surface area contributed by atoms with E-state index in [2.05, 4.69) is 16.7 Å². The zero-order valence-corrected chi connectivity index (χ0v) is 13.0. The number of rotatable bonds is 2. The second kappa shape index (κ2) is 5.26. The first-order valence-corrected chi connectivity index (χ1v) is 7.61. The van der Waals surface area contributed by atoms with E-state index in [-0.39, 0.29) is 6.03 Å². The second-order valence-electron chi connectivity index (χ2n) is 5.10. The lowest BCUT2D eigenvalue weighted by molar-refractivity contribution is 0.262. The molecule has 2 N–H and O–H groups in total. The highest BCUT2D eigenvalue weighted by molar-refractivity contribution is 7.17. The van der Waals surface area contributed by atoms with Gasteiger partial charge in [-0.05, 0) is 42.5 Å². The molecule has 2 heterocycles. The lowest BCUT2D eigenvalue weighted by atomic mass is 10.1. The number of carbonyl (C=O) groups is 1. The molecule has 2 aromatic heterocycles. The first kappa shape index (κ1) is 13.7. The van der Waals surface area contributed by atoms with Gasteiger partial charge < -0.3 is 9.88 Å². The number of urea groups is 1. The Labute approximate surface area is 127 Å². The summed E-state index contributed by atoms with van der Waals surface area (Å²) in [7, 11) is 1.95. The number of benzene rings is 1. The molecular weight excluding hydrogens is 282 g/mol. The minimum Gasteiger partial charge on any atom is -0.330 e. The van der Waals surface area contributed by atoms with Crippen LogP contribution in [0.4, 0.5) is 16.3 Å². The molecular formula is C16H17N3OS. The Kier molecular flexibility index (Phi) is 3.43. The zero-order valence-electron chi connectivity index (χ0n) is 12.2. The van der Waals surface area contributed by atoms with Crippen LogP contribution in [0.15, 0.2) is 35.7 Å². The molecule has 0 bridgehead atoms. The number of aryl methyl sites for hydroxylation is 3. The highest BCUT2D eigenvalue weighted by atomic mass is 32.1. The van der Waals surface area contributed by atoms with Crippen LogP contribution in [0.25, 0.3) is 10.2 Å². The number of para-hydroxylation sites is 1. The normalized spacial score (nSPS) is 10.8. The van der Waals surface area contributed by atoms with Gasteiger partial charge in [0.15, 0.2) is 0 Å². The fourth-order valence-corrected chi connectivity index (χ4v) is 3.29. The Morgan fingerprint density at radius 2 is 1.86 bits per heavy atom. The van der Waals surface area contributed by atoms with Gasteiger partial charge in [-0.15, -0.1) is 11.3 Å². The molecule has 0 saturated carbocycles. The van der Waals surface area contributed by atoms with E-state index in [4.69, 9.17) is 0 Å². The molecule has 0 aliphatic rings. The van der Waals surface area contributed by atoms with Crippen molar-refractivity contribution < 1.29 is 4.79 Å². The van der Waals surface area contributed by atoms with Crippen molar-refractivity contribution in [1.82, 2.24) is 4.57 Å². The molecule has 2 amide bonds. The molecule has 0 spiro atoms. The molecule has 4 nitrogen and oxygen atoms in total. The van der Waals surface area contributed by atoms with Crippen LogP contribution in [-0.2, 0) is 7.05 Å². The minimum absolute atomic E-state index is 0.222. The Balaban J connectivity index is 1.80. The van der Waals surface area contributed by atoms with Crippen molar-refractivity contribution in [2.75, 3.05) is 10.6 Å². The maximum Gasteiger partial charge on any atom is 0.324 e. The molecule has 0 aliphatic heterocycles. The molecule has 0 atom stereocenters. The van der Waals surface area contributed by atoms with E-state index >= 15 is 0 Å². The Morgan fingerprint density at radius 1 is 1.14 bits per heavy atom. The summed E-state index contributed by atoms with van der Waals surface area (Å²) < 4.78 is 3.15. The Bertz CT molecular complexity index is 796. The van der Waals surface area contributed by atoms with Crippen LogP contribution < -0.4 is 10.6 Å². The first-order valence-electron chi connectivity index (χ1n) is 6.73. The molecule has 3 rings (SSSR count). The number of hydrogen-bond donors (Lipinski definition) is 2. The van der Waals surface area contributed by atoms with Gasteiger partial charge in [-0.1, -0.05) is 18.2 Å². The summed E-state index contributed by atoms with van der Waals surface area (Å²) in [5, 5.41) is 7.89. The van der Waals surface area contributed by atoms with Gasteiger partial charge in [0.05, 0.1) is 10.2 Å². The quantitative estimate of drug-likeness (QED) is 0.719. The van der Waals surface area contributed by atoms with Crippen LogP contribution in [0.5, 0.6) is 0 Å². The van der Waals surface area contributed by atoms with Gasteiger partial charge in [0.1, 0.15) is 5.82 Å². The van der Waals surface area contributed by atoms with Crippen LogP contribution in [0.2, 0.25) is 0 Å². The van der Waals surface area contributed by atoms with Crippen molar-refractivity contribution in [3.63, 3.8) is 0 Å². The molecule has 108 valence electrons. The van der Waals surface area contributed by atoms with Gasteiger partial charge in [-0.3, -0.25) is 5.32 Å². The molecule has 3 aromatic rings. The third-order valence-electron chi connectivity index (χ3n) is 3.63. The van der Waals surface area contributed by atoms with E-state index in [1.807, 2.05) is 55.1 Å². The highest BCUT2D eigenvalue weighted by Gasteiger charge is 2.11. The van der Waals surface area contributed by atoms with Crippen LogP contribution in [0, 0.1) is 13.8 Å². The lowest BCUT2D eigenvalue weighted by Crippen LogP contribution is -2.21. The number of amides is 2. The Morgan fingerprint density at radius 3 is 2.52 bits per heavy atom. The molecule has 0 aliphatic carbocycles. The van der Waals surface area contributed by atoms with Crippen LogP contribution in [0.1, 0.15) is 11.1 Å². The van der Waals surface area contributed by atoms with Crippen LogP contribution in [-0.4, -0.2) is 10.6 Å². The Hall–Kier alpha value is -2.27. The molecule has 21 heavy (non-hydrogen) atoms. The SMILES string of the molecule is Cc1cccc(C)c1NC(=O)Nc1cc2sccc2n1C. The number of fused-ring (bicyclic) bond motifs is 1. The molecule has 1 aromatic carbocycles. The zero-order chi connectivity index (χ0) is 15.0. The number of nitrogens with one attached hydrogen (secondary N) is 2. The van der Waals surface area contributed by atoms with Crippen molar-refractivity contribution >= 4 is 39.1 Å². The number of anilines is 2. The molecule has 5 heteroatoms. The average molecular weight is 299 g/mol. The van der Waals surface area contributed by atoms with E-state index in [1.165, 1.54) is 4.70 Å². The summed E-state index contributed by atoms with van der Waals surface area (Å²) in [6, 6.07) is 9.78. The fraction of sp³-hybridized carbons (Fsp3) is 0.188.